The van der Waals surface area contributed by atoms with Crippen LogP contribution in [0.3, 0.4) is 0 Å². The Kier molecular flexibility index (Phi) is 4.51. The van der Waals surface area contributed by atoms with E-state index in [-0.39, 0.29) is 17.5 Å². The van der Waals surface area contributed by atoms with Crippen molar-refractivity contribution in [2.24, 2.45) is 0 Å². The van der Waals surface area contributed by atoms with Crippen LogP contribution in [0.4, 0.5) is 5.69 Å². The third-order valence-electron chi connectivity index (χ3n) is 2.26. The fraction of sp³-hybridized carbons (Fsp3) is 0.333. The van der Waals surface area contributed by atoms with Gasteiger partial charge >= 0.3 is 5.97 Å². The number of carboxylic acid groups (broad SMARTS) is 1. The molecule has 0 aliphatic rings. The quantitative estimate of drug-likeness (QED) is 0.720. The average Bonchev–Trinajstić information content (AvgIpc) is 2.30. The van der Waals surface area contributed by atoms with Gasteiger partial charge < -0.3 is 15.7 Å². The molecule has 3 N–H and O–H groups in total. The number of hydrogen-bond donors (Lipinski definition) is 3. The van der Waals surface area contributed by atoms with E-state index in [0.29, 0.717) is 12.2 Å². The zero-order valence-corrected chi connectivity index (χ0v) is 9.86. The second kappa shape index (κ2) is 5.89. The third-order valence-corrected chi connectivity index (χ3v) is 2.26. The number of rotatable bonds is 5. The molecular formula is C12H16N2O3. The number of amides is 1. The molecule has 1 aromatic carbocycles. The van der Waals surface area contributed by atoms with Gasteiger partial charge in [0.05, 0.1) is 5.56 Å². The van der Waals surface area contributed by atoms with Crippen molar-refractivity contribution in [3.8, 4) is 0 Å². The first-order valence-corrected chi connectivity index (χ1v) is 5.42. The molecule has 0 saturated heterocycles. The molecule has 0 spiro atoms. The molecule has 0 radical (unpaired) electrons. The number of likely N-dealkylation sites (N-methyl/N-ethyl adjacent to an activating group) is 1. The van der Waals surface area contributed by atoms with Gasteiger partial charge in [0, 0.05) is 12.2 Å². The van der Waals surface area contributed by atoms with Gasteiger partial charge in [0.25, 0.3) is 0 Å². The predicted molar refractivity (Wildman–Crippen MR) is 65.2 cm³/mol. The second-order valence-electron chi connectivity index (χ2n) is 3.64. The van der Waals surface area contributed by atoms with Crippen molar-refractivity contribution in [2.45, 2.75) is 19.9 Å². The fourth-order valence-electron chi connectivity index (χ4n) is 1.35. The van der Waals surface area contributed by atoms with Gasteiger partial charge in [-0.25, -0.2) is 4.79 Å². The van der Waals surface area contributed by atoms with Crippen LogP contribution in [-0.4, -0.2) is 29.6 Å². The third kappa shape index (κ3) is 3.79. The summed E-state index contributed by atoms with van der Waals surface area (Å²) in [5.74, 6) is -1.05. The van der Waals surface area contributed by atoms with E-state index >= 15 is 0 Å². The lowest BCUT2D eigenvalue weighted by atomic mass is 10.2. The van der Waals surface area contributed by atoms with Crippen LogP contribution < -0.4 is 10.6 Å². The van der Waals surface area contributed by atoms with Gasteiger partial charge in [-0.1, -0.05) is 0 Å². The number of carboxylic acids is 1. The number of nitrogens with one attached hydrogen (secondary N) is 2. The Labute approximate surface area is 99.8 Å². The number of aromatic carboxylic acids is 1. The molecule has 5 nitrogen and oxygen atoms in total. The van der Waals surface area contributed by atoms with Crippen LogP contribution in [0.15, 0.2) is 24.3 Å². The summed E-state index contributed by atoms with van der Waals surface area (Å²) >= 11 is 0. The summed E-state index contributed by atoms with van der Waals surface area (Å²) in [6.45, 7) is 4.19. The van der Waals surface area contributed by atoms with Crippen molar-refractivity contribution in [1.29, 1.82) is 0 Å². The highest BCUT2D eigenvalue weighted by molar-refractivity contribution is 5.88. The molecule has 0 aromatic heterocycles. The van der Waals surface area contributed by atoms with Crippen molar-refractivity contribution in [3.05, 3.63) is 29.8 Å². The summed E-state index contributed by atoms with van der Waals surface area (Å²) in [5.41, 5.74) is 0.940. The molecule has 0 fully saturated rings. The molecule has 0 saturated carbocycles. The lowest BCUT2D eigenvalue weighted by Gasteiger charge is -2.14. The maximum Gasteiger partial charge on any atom is 0.335 e. The predicted octanol–water partition coefficient (Wildman–Crippen LogP) is 1.32. The summed E-state index contributed by atoms with van der Waals surface area (Å²) < 4.78 is 0. The first kappa shape index (κ1) is 13.0. The van der Waals surface area contributed by atoms with Gasteiger partial charge in [-0.15, -0.1) is 0 Å². The van der Waals surface area contributed by atoms with Crippen molar-refractivity contribution in [1.82, 2.24) is 5.32 Å². The van der Waals surface area contributed by atoms with Crippen molar-refractivity contribution in [2.75, 3.05) is 11.9 Å². The number of anilines is 1. The molecule has 1 unspecified atom stereocenters. The summed E-state index contributed by atoms with van der Waals surface area (Å²) in [4.78, 5) is 22.1. The normalized spacial score (nSPS) is 11.6. The van der Waals surface area contributed by atoms with Crippen LogP contribution >= 0.6 is 0 Å². The van der Waals surface area contributed by atoms with Crippen LogP contribution in [0.5, 0.6) is 0 Å². The molecule has 5 heteroatoms. The Bertz CT molecular complexity index is 401. The van der Waals surface area contributed by atoms with Crippen molar-refractivity contribution in [3.63, 3.8) is 0 Å². The monoisotopic (exact) mass is 236 g/mol. The number of carbonyl (C=O) groups is 2. The lowest BCUT2D eigenvalue weighted by Crippen LogP contribution is -2.37. The fourth-order valence-corrected chi connectivity index (χ4v) is 1.35. The van der Waals surface area contributed by atoms with Crippen molar-refractivity contribution >= 4 is 17.6 Å². The lowest BCUT2D eigenvalue weighted by molar-refractivity contribution is -0.121. The largest absolute Gasteiger partial charge is 0.478 e. The van der Waals surface area contributed by atoms with E-state index in [1.807, 2.05) is 6.92 Å². The van der Waals surface area contributed by atoms with E-state index < -0.39 is 5.97 Å². The maximum atomic E-state index is 11.5. The van der Waals surface area contributed by atoms with Gasteiger partial charge in [0.2, 0.25) is 5.91 Å². The standard InChI is InChI=1S/C12H16N2O3/c1-3-13-11(15)8(2)14-10-6-4-9(5-7-10)12(16)17/h4-8,14H,3H2,1-2H3,(H,13,15)(H,16,17). The smallest absolute Gasteiger partial charge is 0.335 e. The van der Waals surface area contributed by atoms with Crippen LogP contribution in [0.25, 0.3) is 0 Å². The van der Waals surface area contributed by atoms with Crippen molar-refractivity contribution < 1.29 is 14.7 Å². The Morgan fingerprint density at radius 2 is 1.88 bits per heavy atom. The maximum absolute atomic E-state index is 11.5. The van der Waals surface area contributed by atoms with E-state index in [0.717, 1.165) is 0 Å². The van der Waals surface area contributed by atoms with E-state index in [1.54, 1.807) is 19.1 Å². The van der Waals surface area contributed by atoms with Gasteiger partial charge in [0.1, 0.15) is 6.04 Å². The summed E-state index contributed by atoms with van der Waals surface area (Å²) in [6, 6.07) is 5.91. The average molecular weight is 236 g/mol. The molecular weight excluding hydrogens is 220 g/mol. The van der Waals surface area contributed by atoms with Gasteiger partial charge in [0.15, 0.2) is 0 Å². The topological polar surface area (TPSA) is 78.4 Å². The highest BCUT2D eigenvalue weighted by Crippen LogP contribution is 2.10. The minimum absolute atomic E-state index is 0.0881. The number of benzene rings is 1. The van der Waals surface area contributed by atoms with Gasteiger partial charge in [-0.2, -0.15) is 0 Å². The molecule has 0 bridgehead atoms. The SMILES string of the molecule is CCNC(=O)C(C)Nc1ccc(C(=O)O)cc1. The molecule has 92 valence electrons. The highest BCUT2D eigenvalue weighted by Gasteiger charge is 2.11. The number of carbonyl (C=O) groups excluding carboxylic acids is 1. The molecule has 1 amide bonds. The first-order chi connectivity index (χ1) is 8.04. The van der Waals surface area contributed by atoms with Crippen LogP contribution in [0.1, 0.15) is 24.2 Å². The number of hydrogen-bond acceptors (Lipinski definition) is 3. The Morgan fingerprint density at radius 1 is 1.29 bits per heavy atom. The second-order valence-corrected chi connectivity index (χ2v) is 3.64. The summed E-state index contributed by atoms with van der Waals surface area (Å²) in [7, 11) is 0. The first-order valence-electron chi connectivity index (χ1n) is 5.42. The molecule has 17 heavy (non-hydrogen) atoms. The van der Waals surface area contributed by atoms with Gasteiger partial charge in [-0.05, 0) is 38.1 Å². The summed E-state index contributed by atoms with van der Waals surface area (Å²) in [6.07, 6.45) is 0. The Hall–Kier alpha value is -2.04. The zero-order valence-electron chi connectivity index (χ0n) is 9.86. The highest BCUT2D eigenvalue weighted by atomic mass is 16.4. The molecule has 0 heterocycles. The minimum Gasteiger partial charge on any atom is -0.478 e. The van der Waals surface area contributed by atoms with E-state index in [2.05, 4.69) is 10.6 Å². The Balaban J connectivity index is 2.63. The molecule has 1 atom stereocenters. The molecule has 0 aliphatic heterocycles. The molecule has 1 rings (SSSR count). The van der Waals surface area contributed by atoms with Gasteiger partial charge in [-0.3, -0.25) is 4.79 Å². The zero-order chi connectivity index (χ0) is 12.8. The molecule has 1 aromatic rings. The summed E-state index contributed by atoms with van der Waals surface area (Å²) in [5, 5.41) is 14.4. The molecule has 0 aliphatic carbocycles. The van der Waals surface area contributed by atoms with E-state index in [1.165, 1.54) is 12.1 Å². The van der Waals surface area contributed by atoms with E-state index in [4.69, 9.17) is 5.11 Å². The van der Waals surface area contributed by atoms with Crippen LogP contribution in [0, 0.1) is 0 Å². The Morgan fingerprint density at radius 3 is 2.35 bits per heavy atom. The van der Waals surface area contributed by atoms with Crippen LogP contribution in [-0.2, 0) is 4.79 Å². The minimum atomic E-state index is -0.965. The van der Waals surface area contributed by atoms with E-state index in [9.17, 15) is 9.59 Å². The van der Waals surface area contributed by atoms with Crippen LogP contribution in [0.2, 0.25) is 0 Å².